The number of aromatic nitrogens is 1. The molecule has 1 amide bonds. The first kappa shape index (κ1) is 12.8. The van der Waals surface area contributed by atoms with Crippen molar-refractivity contribution in [3.8, 4) is 0 Å². The number of benzene rings is 1. The van der Waals surface area contributed by atoms with E-state index in [2.05, 4.69) is 15.0 Å². The van der Waals surface area contributed by atoms with Crippen molar-refractivity contribution in [3.05, 3.63) is 53.2 Å². The lowest BCUT2D eigenvalue weighted by atomic mass is 10.2. The number of hydrogen-bond acceptors (Lipinski definition) is 5. The quantitative estimate of drug-likeness (QED) is 0.772. The van der Waals surface area contributed by atoms with E-state index in [4.69, 9.17) is 0 Å². The highest BCUT2D eigenvalue weighted by molar-refractivity contribution is 7.19. The Kier molecular flexibility index (Phi) is 3.49. The topological polar surface area (TPSA) is 75.4 Å². The van der Waals surface area contributed by atoms with E-state index in [1.54, 1.807) is 0 Å². The molecule has 20 heavy (non-hydrogen) atoms. The largest absolute Gasteiger partial charge is 0.386 e. The predicted octanol–water partition coefficient (Wildman–Crippen LogP) is 2.35. The third-order valence-corrected chi connectivity index (χ3v) is 4.12. The minimum Gasteiger partial charge on any atom is -0.386 e. The molecule has 3 aromatic rings. The lowest BCUT2D eigenvalue weighted by Gasteiger charge is -2.08. The summed E-state index contributed by atoms with van der Waals surface area (Å²) < 4.78 is 5.71. The van der Waals surface area contributed by atoms with Gasteiger partial charge in [0, 0.05) is 22.2 Å². The van der Waals surface area contributed by atoms with Gasteiger partial charge in [-0.1, -0.05) is 23.4 Å². The van der Waals surface area contributed by atoms with E-state index in [0.29, 0.717) is 0 Å². The van der Waals surface area contributed by atoms with Gasteiger partial charge in [-0.25, -0.2) is 0 Å². The lowest BCUT2D eigenvalue weighted by molar-refractivity contribution is 0.0909. The molecule has 5 nitrogen and oxygen atoms in total. The molecule has 3 rings (SSSR count). The molecule has 0 spiro atoms. The highest BCUT2D eigenvalue weighted by Gasteiger charge is 2.14. The van der Waals surface area contributed by atoms with Crippen molar-refractivity contribution in [2.45, 2.75) is 6.10 Å². The molecule has 102 valence electrons. The Labute approximate surface area is 118 Å². The minimum absolute atomic E-state index is 0.137. The zero-order chi connectivity index (χ0) is 13.9. The number of nitrogens with zero attached hydrogens (tertiary/aromatic N) is 1. The number of aliphatic hydroxyl groups excluding tert-OH is 1. The van der Waals surface area contributed by atoms with Crippen LogP contribution in [0, 0.1) is 0 Å². The second-order valence-electron chi connectivity index (χ2n) is 4.30. The summed E-state index contributed by atoms with van der Waals surface area (Å²) in [5, 5.41) is 17.4. The van der Waals surface area contributed by atoms with Crippen LogP contribution in [0.5, 0.6) is 0 Å². The molecule has 0 aliphatic carbocycles. The number of thiophene rings is 1. The Hall–Kier alpha value is -2.18. The fourth-order valence-corrected chi connectivity index (χ4v) is 2.93. The second-order valence-corrected chi connectivity index (χ2v) is 5.41. The van der Waals surface area contributed by atoms with Crippen molar-refractivity contribution in [2.75, 3.05) is 6.54 Å². The summed E-state index contributed by atoms with van der Waals surface area (Å²) in [5.41, 5.74) is 0.202. The first-order valence-corrected chi connectivity index (χ1v) is 6.91. The molecule has 1 unspecified atom stereocenters. The molecule has 2 heterocycles. The predicted molar refractivity (Wildman–Crippen MR) is 75.6 cm³/mol. The van der Waals surface area contributed by atoms with Crippen molar-refractivity contribution in [1.82, 2.24) is 10.5 Å². The van der Waals surface area contributed by atoms with Crippen LogP contribution in [-0.2, 0) is 0 Å². The molecule has 2 aromatic heterocycles. The average Bonchev–Trinajstić information content (AvgIpc) is 3.12. The maximum Gasteiger partial charge on any atom is 0.273 e. The van der Waals surface area contributed by atoms with Crippen LogP contribution in [0.3, 0.4) is 0 Å². The van der Waals surface area contributed by atoms with E-state index >= 15 is 0 Å². The average molecular weight is 288 g/mol. The number of amides is 1. The van der Waals surface area contributed by atoms with E-state index in [9.17, 15) is 9.90 Å². The number of hydrogen-bond donors (Lipinski definition) is 2. The monoisotopic (exact) mass is 288 g/mol. The van der Waals surface area contributed by atoms with Gasteiger partial charge in [-0.05, 0) is 17.5 Å². The number of rotatable bonds is 4. The van der Waals surface area contributed by atoms with Crippen LogP contribution in [0.25, 0.3) is 10.1 Å². The summed E-state index contributed by atoms with van der Waals surface area (Å²) in [6, 6.07) is 11.3. The summed E-state index contributed by atoms with van der Waals surface area (Å²) >= 11 is 1.52. The molecule has 1 atom stereocenters. The van der Waals surface area contributed by atoms with E-state index in [1.165, 1.54) is 23.7 Å². The van der Waals surface area contributed by atoms with Crippen molar-refractivity contribution in [1.29, 1.82) is 0 Å². The third-order valence-electron chi connectivity index (χ3n) is 2.90. The minimum atomic E-state index is -0.733. The summed E-state index contributed by atoms with van der Waals surface area (Å²) in [5.74, 6) is -0.362. The van der Waals surface area contributed by atoms with E-state index in [1.807, 2.05) is 30.3 Å². The summed E-state index contributed by atoms with van der Waals surface area (Å²) in [7, 11) is 0. The van der Waals surface area contributed by atoms with Gasteiger partial charge >= 0.3 is 0 Å². The van der Waals surface area contributed by atoms with Crippen molar-refractivity contribution in [2.24, 2.45) is 0 Å². The Morgan fingerprint density at radius 2 is 2.25 bits per heavy atom. The summed E-state index contributed by atoms with van der Waals surface area (Å²) in [6.45, 7) is 0.137. The Bertz CT molecular complexity index is 688. The third kappa shape index (κ3) is 2.56. The van der Waals surface area contributed by atoms with Crippen LogP contribution in [0.2, 0.25) is 0 Å². The molecule has 0 saturated heterocycles. The number of aliphatic hydroxyl groups is 1. The van der Waals surface area contributed by atoms with Gasteiger partial charge in [-0.2, -0.15) is 0 Å². The van der Waals surface area contributed by atoms with E-state index in [0.717, 1.165) is 15.0 Å². The summed E-state index contributed by atoms with van der Waals surface area (Å²) in [6.07, 6.45) is 0.598. The number of fused-ring (bicyclic) bond motifs is 1. The van der Waals surface area contributed by atoms with Gasteiger partial charge < -0.3 is 14.9 Å². The molecule has 0 radical (unpaired) electrons. The number of carbonyl (C=O) groups is 1. The standard InChI is InChI=1S/C14H12N2O3S/c17-11(8-15-14(18)10-5-6-19-16-10)13-7-9-3-1-2-4-12(9)20-13/h1-7,11,17H,8H2,(H,15,18). The van der Waals surface area contributed by atoms with Crippen LogP contribution in [0.15, 0.2) is 47.2 Å². The Morgan fingerprint density at radius 3 is 3.00 bits per heavy atom. The van der Waals surface area contributed by atoms with Gasteiger partial charge in [0.25, 0.3) is 5.91 Å². The van der Waals surface area contributed by atoms with Crippen molar-refractivity contribution >= 4 is 27.3 Å². The first-order valence-electron chi connectivity index (χ1n) is 6.09. The Morgan fingerprint density at radius 1 is 1.40 bits per heavy atom. The van der Waals surface area contributed by atoms with Gasteiger partial charge in [0.15, 0.2) is 5.69 Å². The molecular weight excluding hydrogens is 276 g/mol. The van der Waals surface area contributed by atoms with E-state index in [-0.39, 0.29) is 18.1 Å². The van der Waals surface area contributed by atoms with Crippen molar-refractivity contribution < 1.29 is 14.4 Å². The van der Waals surface area contributed by atoms with Crippen LogP contribution in [0.4, 0.5) is 0 Å². The van der Waals surface area contributed by atoms with E-state index < -0.39 is 6.10 Å². The number of carbonyl (C=O) groups excluding carboxylic acids is 1. The fraction of sp³-hybridized carbons (Fsp3) is 0.143. The number of nitrogens with one attached hydrogen (secondary N) is 1. The van der Waals surface area contributed by atoms with Crippen molar-refractivity contribution in [3.63, 3.8) is 0 Å². The second kappa shape index (κ2) is 5.44. The smallest absolute Gasteiger partial charge is 0.273 e. The normalized spacial score (nSPS) is 12.4. The molecule has 2 N–H and O–H groups in total. The van der Waals surface area contributed by atoms with Gasteiger partial charge in [0.2, 0.25) is 0 Å². The highest BCUT2D eigenvalue weighted by atomic mass is 32.1. The highest BCUT2D eigenvalue weighted by Crippen LogP contribution is 2.29. The molecule has 0 saturated carbocycles. The first-order chi connectivity index (χ1) is 9.74. The Balaban J connectivity index is 1.67. The molecule has 1 aromatic carbocycles. The molecule has 0 aliphatic rings. The molecule has 0 bridgehead atoms. The van der Waals surface area contributed by atoms with Gasteiger partial charge in [-0.3, -0.25) is 4.79 Å². The van der Waals surface area contributed by atoms with Crippen LogP contribution in [-0.4, -0.2) is 22.7 Å². The fourth-order valence-electron chi connectivity index (χ4n) is 1.88. The maximum atomic E-state index is 11.7. The molecular formula is C14H12N2O3S. The van der Waals surface area contributed by atoms with Crippen LogP contribution in [0.1, 0.15) is 21.5 Å². The molecule has 0 fully saturated rings. The van der Waals surface area contributed by atoms with Gasteiger partial charge in [-0.15, -0.1) is 11.3 Å². The SMILES string of the molecule is O=C(NCC(O)c1cc2ccccc2s1)c1ccon1. The zero-order valence-corrected chi connectivity index (χ0v) is 11.3. The zero-order valence-electron chi connectivity index (χ0n) is 10.4. The maximum absolute atomic E-state index is 11.7. The molecule has 6 heteroatoms. The van der Waals surface area contributed by atoms with Gasteiger partial charge in [0.05, 0.1) is 0 Å². The van der Waals surface area contributed by atoms with Crippen LogP contribution < -0.4 is 5.32 Å². The summed E-state index contributed by atoms with van der Waals surface area (Å²) in [4.78, 5) is 12.5. The van der Waals surface area contributed by atoms with Crippen LogP contribution >= 0.6 is 11.3 Å². The molecule has 0 aliphatic heterocycles. The van der Waals surface area contributed by atoms with Gasteiger partial charge in [0.1, 0.15) is 12.4 Å². The lowest BCUT2D eigenvalue weighted by Crippen LogP contribution is -2.28.